The molecule has 0 aliphatic carbocycles. The summed E-state index contributed by atoms with van der Waals surface area (Å²) in [6.45, 7) is 0.401. The zero-order valence-electron chi connectivity index (χ0n) is 10.6. The highest BCUT2D eigenvalue weighted by molar-refractivity contribution is 5.95. The number of carbonyl (C=O) groups excluding carboxylic acids is 2. The van der Waals surface area contributed by atoms with Crippen molar-refractivity contribution >= 4 is 11.9 Å². The van der Waals surface area contributed by atoms with E-state index in [1.807, 2.05) is 24.3 Å². The Morgan fingerprint density at radius 3 is 2.58 bits per heavy atom. The van der Waals surface area contributed by atoms with Crippen molar-refractivity contribution in [1.82, 2.24) is 10.6 Å². The summed E-state index contributed by atoms with van der Waals surface area (Å²) < 4.78 is 5.04. The van der Waals surface area contributed by atoms with Crippen LogP contribution in [-0.4, -0.2) is 25.6 Å². The summed E-state index contributed by atoms with van der Waals surface area (Å²) in [5.41, 5.74) is 1.05. The van der Waals surface area contributed by atoms with E-state index in [4.69, 9.17) is 10.00 Å². The van der Waals surface area contributed by atoms with Gasteiger partial charge in [-0.05, 0) is 24.1 Å². The molecule has 3 amide bonds. The van der Waals surface area contributed by atoms with E-state index >= 15 is 0 Å². The number of rotatable bonds is 5. The van der Waals surface area contributed by atoms with Gasteiger partial charge in [0.05, 0.1) is 13.2 Å². The Balaban J connectivity index is 2.27. The second-order valence-electron chi connectivity index (χ2n) is 3.74. The molecule has 0 aliphatic rings. The maximum Gasteiger partial charge on any atom is 0.321 e. The third kappa shape index (κ3) is 5.55. The number of benzene rings is 1. The molecule has 0 unspecified atom stereocenters. The standard InChI is InChI=1S/C13H15N3O3/c1-19-11-4-2-10(3-5-11)7-9-15-13(18)16-12(17)6-8-14/h2-5H,6-7,9H2,1H3,(H2,15,16,17,18). The summed E-state index contributed by atoms with van der Waals surface area (Å²) in [6.07, 6.45) is 0.315. The van der Waals surface area contributed by atoms with Gasteiger partial charge in [-0.3, -0.25) is 10.1 Å². The zero-order chi connectivity index (χ0) is 14.1. The summed E-state index contributed by atoms with van der Waals surface area (Å²) >= 11 is 0. The van der Waals surface area contributed by atoms with Gasteiger partial charge in [0.25, 0.3) is 0 Å². The van der Waals surface area contributed by atoms with Crippen LogP contribution in [0.15, 0.2) is 24.3 Å². The maximum atomic E-state index is 11.2. The number of nitrogens with one attached hydrogen (secondary N) is 2. The average molecular weight is 261 g/mol. The first kappa shape index (κ1) is 14.5. The molecule has 0 atom stereocenters. The Morgan fingerprint density at radius 1 is 1.32 bits per heavy atom. The minimum Gasteiger partial charge on any atom is -0.497 e. The summed E-state index contributed by atoms with van der Waals surface area (Å²) in [4.78, 5) is 22.2. The molecule has 0 heterocycles. The lowest BCUT2D eigenvalue weighted by Crippen LogP contribution is -2.40. The smallest absolute Gasteiger partial charge is 0.321 e. The lowest BCUT2D eigenvalue weighted by atomic mass is 10.1. The summed E-state index contributed by atoms with van der Waals surface area (Å²) in [6, 6.07) is 8.55. The Labute approximate surface area is 111 Å². The van der Waals surface area contributed by atoms with Crippen LogP contribution in [0.1, 0.15) is 12.0 Å². The van der Waals surface area contributed by atoms with E-state index in [9.17, 15) is 9.59 Å². The topological polar surface area (TPSA) is 91.2 Å². The number of amides is 3. The van der Waals surface area contributed by atoms with Crippen molar-refractivity contribution < 1.29 is 14.3 Å². The van der Waals surface area contributed by atoms with Crippen molar-refractivity contribution in [2.75, 3.05) is 13.7 Å². The zero-order valence-corrected chi connectivity index (χ0v) is 10.6. The largest absolute Gasteiger partial charge is 0.497 e. The van der Waals surface area contributed by atoms with Crippen LogP contribution in [0.4, 0.5) is 4.79 Å². The molecule has 100 valence electrons. The van der Waals surface area contributed by atoms with E-state index in [2.05, 4.69) is 10.6 Å². The van der Waals surface area contributed by atoms with Gasteiger partial charge in [0.1, 0.15) is 12.2 Å². The highest BCUT2D eigenvalue weighted by Gasteiger charge is 2.05. The fraction of sp³-hybridized carbons (Fsp3) is 0.308. The Morgan fingerprint density at radius 2 is 2.00 bits per heavy atom. The summed E-state index contributed by atoms with van der Waals surface area (Å²) in [5, 5.41) is 12.9. The molecule has 0 saturated heterocycles. The van der Waals surface area contributed by atoms with Crippen molar-refractivity contribution in [3.05, 3.63) is 29.8 Å². The molecule has 0 spiro atoms. The quantitative estimate of drug-likeness (QED) is 0.826. The molecular formula is C13H15N3O3. The predicted octanol–water partition coefficient (Wildman–Crippen LogP) is 0.977. The van der Waals surface area contributed by atoms with Gasteiger partial charge in [-0.15, -0.1) is 0 Å². The van der Waals surface area contributed by atoms with Crippen LogP contribution in [0.25, 0.3) is 0 Å². The SMILES string of the molecule is COc1ccc(CCNC(=O)NC(=O)CC#N)cc1. The van der Waals surface area contributed by atoms with Gasteiger partial charge in [0.15, 0.2) is 0 Å². The van der Waals surface area contributed by atoms with Crippen molar-refractivity contribution in [3.63, 3.8) is 0 Å². The number of carbonyl (C=O) groups is 2. The minimum absolute atomic E-state index is 0.327. The van der Waals surface area contributed by atoms with Gasteiger partial charge < -0.3 is 10.1 Å². The lowest BCUT2D eigenvalue weighted by molar-refractivity contribution is -0.119. The minimum atomic E-state index is -0.607. The van der Waals surface area contributed by atoms with Crippen LogP contribution >= 0.6 is 0 Å². The molecule has 0 saturated carbocycles. The van der Waals surface area contributed by atoms with Gasteiger partial charge in [-0.1, -0.05) is 12.1 Å². The van der Waals surface area contributed by atoms with Gasteiger partial charge in [0, 0.05) is 6.54 Å². The van der Waals surface area contributed by atoms with Gasteiger partial charge >= 0.3 is 6.03 Å². The van der Waals surface area contributed by atoms with Crippen LogP contribution in [0.3, 0.4) is 0 Å². The molecule has 1 aromatic carbocycles. The van der Waals surface area contributed by atoms with E-state index in [0.29, 0.717) is 13.0 Å². The van der Waals surface area contributed by atoms with Crippen LogP contribution in [0, 0.1) is 11.3 Å². The van der Waals surface area contributed by atoms with Gasteiger partial charge in [-0.25, -0.2) is 4.79 Å². The number of hydrogen-bond donors (Lipinski definition) is 2. The second-order valence-corrected chi connectivity index (χ2v) is 3.74. The fourth-order valence-corrected chi connectivity index (χ4v) is 1.40. The third-order valence-corrected chi connectivity index (χ3v) is 2.35. The van der Waals surface area contributed by atoms with E-state index in [-0.39, 0.29) is 6.42 Å². The molecule has 1 aromatic rings. The molecule has 1 rings (SSSR count). The Bertz CT molecular complexity index is 477. The fourth-order valence-electron chi connectivity index (χ4n) is 1.40. The van der Waals surface area contributed by atoms with E-state index in [1.165, 1.54) is 0 Å². The molecule has 0 radical (unpaired) electrons. The van der Waals surface area contributed by atoms with Crippen LogP contribution in [-0.2, 0) is 11.2 Å². The molecule has 6 heteroatoms. The number of ether oxygens (including phenoxy) is 1. The Hall–Kier alpha value is -2.55. The highest BCUT2D eigenvalue weighted by atomic mass is 16.5. The number of methoxy groups -OCH3 is 1. The second kappa shape index (κ2) is 7.71. The number of urea groups is 1. The third-order valence-electron chi connectivity index (χ3n) is 2.35. The molecule has 0 aromatic heterocycles. The summed E-state index contributed by atoms with van der Waals surface area (Å²) in [5.74, 6) is 0.168. The van der Waals surface area contributed by atoms with Crippen molar-refractivity contribution in [1.29, 1.82) is 5.26 Å². The maximum absolute atomic E-state index is 11.2. The molecule has 6 nitrogen and oxygen atoms in total. The number of nitrogens with zero attached hydrogens (tertiary/aromatic N) is 1. The first-order valence-corrected chi connectivity index (χ1v) is 5.73. The summed E-state index contributed by atoms with van der Waals surface area (Å²) in [7, 11) is 1.60. The molecule has 2 N–H and O–H groups in total. The molecule has 0 fully saturated rings. The number of imide groups is 1. The average Bonchev–Trinajstić information content (AvgIpc) is 2.39. The van der Waals surface area contributed by atoms with E-state index in [1.54, 1.807) is 13.2 Å². The van der Waals surface area contributed by atoms with Crippen LogP contribution in [0.5, 0.6) is 5.75 Å². The van der Waals surface area contributed by atoms with Gasteiger partial charge in [-0.2, -0.15) is 5.26 Å². The highest BCUT2D eigenvalue weighted by Crippen LogP contribution is 2.11. The monoisotopic (exact) mass is 261 g/mol. The first-order chi connectivity index (χ1) is 9.15. The van der Waals surface area contributed by atoms with Crippen molar-refractivity contribution in [2.24, 2.45) is 0 Å². The lowest BCUT2D eigenvalue weighted by Gasteiger charge is -2.06. The van der Waals surface area contributed by atoms with Gasteiger partial charge in [0.2, 0.25) is 5.91 Å². The van der Waals surface area contributed by atoms with Crippen molar-refractivity contribution in [2.45, 2.75) is 12.8 Å². The molecule has 0 bridgehead atoms. The molecule has 19 heavy (non-hydrogen) atoms. The van der Waals surface area contributed by atoms with Crippen molar-refractivity contribution in [3.8, 4) is 11.8 Å². The van der Waals surface area contributed by atoms with Crippen LogP contribution < -0.4 is 15.4 Å². The predicted molar refractivity (Wildman–Crippen MR) is 68.5 cm³/mol. The normalized spacial score (nSPS) is 9.26. The van der Waals surface area contributed by atoms with E-state index in [0.717, 1.165) is 11.3 Å². The van der Waals surface area contributed by atoms with E-state index < -0.39 is 11.9 Å². The number of hydrogen-bond acceptors (Lipinski definition) is 4. The molecular weight excluding hydrogens is 246 g/mol. The van der Waals surface area contributed by atoms with Crippen LogP contribution in [0.2, 0.25) is 0 Å². The Kier molecular flexibility index (Phi) is 5.89. The first-order valence-electron chi connectivity index (χ1n) is 5.73. The number of nitriles is 1. The molecule has 0 aliphatic heterocycles.